The summed E-state index contributed by atoms with van der Waals surface area (Å²) in [7, 11) is 0. The molecule has 0 spiro atoms. The number of carbonyl (C=O) groups excluding carboxylic acids is 1. The van der Waals surface area contributed by atoms with Gasteiger partial charge in [0.15, 0.2) is 0 Å². The molecule has 1 aromatic heterocycles. The van der Waals surface area contributed by atoms with Gasteiger partial charge in [-0.15, -0.1) is 11.3 Å². The van der Waals surface area contributed by atoms with Crippen LogP contribution in [-0.2, 0) is 19.4 Å². The number of amides is 1. The Bertz CT molecular complexity index is 585. The largest absolute Gasteiger partial charge is 0.334 e. The maximum Gasteiger partial charge on any atom is 0.254 e. The molecule has 3 rings (SSSR count). The van der Waals surface area contributed by atoms with E-state index >= 15 is 0 Å². The van der Waals surface area contributed by atoms with Crippen molar-refractivity contribution in [3.8, 4) is 0 Å². The molecular weight excluding hydrogens is 254 g/mol. The molecule has 0 fully saturated rings. The van der Waals surface area contributed by atoms with Crippen molar-refractivity contribution in [2.75, 3.05) is 6.54 Å². The molecule has 0 bridgehead atoms. The SMILES string of the molecule is CCc1ccc(C(=O)N2CCc3sccc3C2)cc1. The van der Waals surface area contributed by atoms with Crippen LogP contribution in [0.2, 0.25) is 0 Å². The lowest BCUT2D eigenvalue weighted by Gasteiger charge is -2.27. The molecule has 0 atom stereocenters. The van der Waals surface area contributed by atoms with Crippen LogP contribution in [0.4, 0.5) is 0 Å². The Hall–Kier alpha value is -1.61. The number of benzene rings is 1. The number of thiophene rings is 1. The van der Waals surface area contributed by atoms with Crippen LogP contribution < -0.4 is 0 Å². The highest BCUT2D eigenvalue weighted by Crippen LogP contribution is 2.25. The molecule has 0 aliphatic carbocycles. The molecule has 1 aromatic carbocycles. The summed E-state index contributed by atoms with van der Waals surface area (Å²) >= 11 is 1.80. The first-order valence-electron chi connectivity index (χ1n) is 6.71. The number of hydrogen-bond donors (Lipinski definition) is 0. The molecule has 0 unspecified atom stereocenters. The summed E-state index contributed by atoms with van der Waals surface area (Å²) in [6.07, 6.45) is 2.00. The Morgan fingerprint density at radius 2 is 2.05 bits per heavy atom. The van der Waals surface area contributed by atoms with Gasteiger partial charge in [0.1, 0.15) is 0 Å². The fraction of sp³-hybridized carbons (Fsp3) is 0.312. The van der Waals surface area contributed by atoms with E-state index < -0.39 is 0 Å². The third-order valence-electron chi connectivity index (χ3n) is 3.70. The van der Waals surface area contributed by atoms with Gasteiger partial charge in [-0.25, -0.2) is 0 Å². The van der Waals surface area contributed by atoms with Crippen LogP contribution in [-0.4, -0.2) is 17.4 Å². The van der Waals surface area contributed by atoms with E-state index in [2.05, 4.69) is 18.4 Å². The first kappa shape index (κ1) is 12.4. The molecule has 19 heavy (non-hydrogen) atoms. The molecule has 2 aromatic rings. The van der Waals surface area contributed by atoms with Gasteiger partial charge in [-0.3, -0.25) is 4.79 Å². The molecule has 1 aliphatic rings. The number of rotatable bonds is 2. The number of aryl methyl sites for hydroxylation is 1. The molecule has 0 radical (unpaired) electrons. The van der Waals surface area contributed by atoms with E-state index in [0.717, 1.165) is 31.5 Å². The van der Waals surface area contributed by atoms with Gasteiger partial charge in [-0.05, 0) is 47.5 Å². The highest BCUT2D eigenvalue weighted by Gasteiger charge is 2.22. The van der Waals surface area contributed by atoms with Crippen molar-refractivity contribution in [1.82, 2.24) is 4.90 Å². The molecule has 2 heterocycles. The van der Waals surface area contributed by atoms with Crippen molar-refractivity contribution >= 4 is 17.2 Å². The summed E-state index contributed by atoms with van der Waals surface area (Å²) in [6.45, 7) is 3.72. The lowest BCUT2D eigenvalue weighted by atomic mass is 10.1. The molecular formula is C16H17NOS. The van der Waals surface area contributed by atoms with Crippen molar-refractivity contribution in [3.63, 3.8) is 0 Å². The molecule has 2 nitrogen and oxygen atoms in total. The normalized spacial score (nSPS) is 14.3. The van der Waals surface area contributed by atoms with Crippen LogP contribution in [0, 0.1) is 0 Å². The van der Waals surface area contributed by atoms with Crippen molar-refractivity contribution in [2.24, 2.45) is 0 Å². The van der Waals surface area contributed by atoms with E-state index in [9.17, 15) is 4.79 Å². The number of carbonyl (C=O) groups is 1. The Morgan fingerprint density at radius 3 is 2.79 bits per heavy atom. The van der Waals surface area contributed by atoms with Crippen molar-refractivity contribution < 1.29 is 4.79 Å². The Kier molecular flexibility index (Phi) is 3.38. The van der Waals surface area contributed by atoms with E-state index in [1.807, 2.05) is 29.2 Å². The van der Waals surface area contributed by atoms with Gasteiger partial charge in [-0.2, -0.15) is 0 Å². The predicted octanol–water partition coefficient (Wildman–Crippen LogP) is 3.51. The predicted molar refractivity (Wildman–Crippen MR) is 78.6 cm³/mol. The Balaban J connectivity index is 1.77. The summed E-state index contributed by atoms with van der Waals surface area (Å²) in [5, 5.41) is 2.12. The summed E-state index contributed by atoms with van der Waals surface area (Å²) in [5.41, 5.74) is 3.39. The quantitative estimate of drug-likeness (QED) is 0.818. The van der Waals surface area contributed by atoms with Crippen molar-refractivity contribution in [2.45, 2.75) is 26.3 Å². The lowest BCUT2D eigenvalue weighted by molar-refractivity contribution is 0.0736. The molecule has 0 N–H and O–H groups in total. The van der Waals surface area contributed by atoms with Crippen LogP contribution in [0.1, 0.15) is 33.3 Å². The van der Waals surface area contributed by atoms with Crippen LogP contribution in [0.5, 0.6) is 0 Å². The first-order valence-corrected chi connectivity index (χ1v) is 7.59. The summed E-state index contributed by atoms with van der Waals surface area (Å²) < 4.78 is 0. The van der Waals surface area contributed by atoms with E-state index in [1.54, 1.807) is 11.3 Å². The van der Waals surface area contributed by atoms with Crippen LogP contribution in [0.3, 0.4) is 0 Å². The maximum absolute atomic E-state index is 12.5. The Labute approximate surface area is 117 Å². The highest BCUT2D eigenvalue weighted by molar-refractivity contribution is 7.10. The molecule has 98 valence electrons. The highest BCUT2D eigenvalue weighted by atomic mass is 32.1. The van der Waals surface area contributed by atoms with Crippen molar-refractivity contribution in [1.29, 1.82) is 0 Å². The maximum atomic E-state index is 12.5. The second-order valence-corrected chi connectivity index (χ2v) is 5.90. The number of fused-ring (bicyclic) bond motifs is 1. The first-order chi connectivity index (χ1) is 9.28. The molecule has 1 aliphatic heterocycles. The van der Waals surface area contributed by atoms with E-state index in [4.69, 9.17) is 0 Å². The summed E-state index contributed by atoms with van der Waals surface area (Å²) in [5.74, 6) is 0.152. The van der Waals surface area contributed by atoms with Gasteiger partial charge in [0, 0.05) is 23.5 Å². The number of hydrogen-bond acceptors (Lipinski definition) is 2. The zero-order chi connectivity index (χ0) is 13.2. The summed E-state index contributed by atoms with van der Waals surface area (Å²) in [6, 6.07) is 10.1. The number of nitrogens with zero attached hydrogens (tertiary/aromatic N) is 1. The van der Waals surface area contributed by atoms with E-state index in [-0.39, 0.29) is 5.91 Å². The third kappa shape index (κ3) is 2.43. The second kappa shape index (κ2) is 5.17. The van der Waals surface area contributed by atoms with Gasteiger partial charge in [-0.1, -0.05) is 19.1 Å². The fourth-order valence-electron chi connectivity index (χ4n) is 2.49. The van der Waals surface area contributed by atoms with Crippen LogP contribution in [0.15, 0.2) is 35.7 Å². The molecule has 3 heteroatoms. The molecule has 0 saturated heterocycles. The second-order valence-electron chi connectivity index (χ2n) is 4.90. The van der Waals surface area contributed by atoms with Gasteiger partial charge in [0.25, 0.3) is 5.91 Å². The van der Waals surface area contributed by atoms with Crippen LogP contribution >= 0.6 is 11.3 Å². The average molecular weight is 271 g/mol. The lowest BCUT2D eigenvalue weighted by Crippen LogP contribution is -2.35. The zero-order valence-corrected chi connectivity index (χ0v) is 11.9. The van der Waals surface area contributed by atoms with Gasteiger partial charge in [0.2, 0.25) is 0 Å². The third-order valence-corrected chi connectivity index (χ3v) is 4.73. The standard InChI is InChI=1S/C16H17NOS/c1-2-12-3-5-13(6-4-12)16(18)17-9-7-15-14(11-17)8-10-19-15/h3-6,8,10H,2,7,9,11H2,1H3. The molecule has 0 saturated carbocycles. The van der Waals surface area contributed by atoms with Crippen molar-refractivity contribution in [3.05, 3.63) is 57.3 Å². The minimum atomic E-state index is 0.152. The Morgan fingerprint density at radius 1 is 1.26 bits per heavy atom. The minimum absolute atomic E-state index is 0.152. The topological polar surface area (TPSA) is 20.3 Å². The monoisotopic (exact) mass is 271 g/mol. The average Bonchev–Trinajstić information content (AvgIpc) is 2.94. The van der Waals surface area contributed by atoms with Gasteiger partial charge in [0.05, 0.1) is 0 Å². The smallest absolute Gasteiger partial charge is 0.254 e. The summed E-state index contributed by atoms with van der Waals surface area (Å²) in [4.78, 5) is 15.9. The fourth-order valence-corrected chi connectivity index (χ4v) is 3.38. The molecule has 1 amide bonds. The zero-order valence-electron chi connectivity index (χ0n) is 11.1. The van der Waals surface area contributed by atoms with E-state index in [0.29, 0.717) is 0 Å². The van der Waals surface area contributed by atoms with Crippen LogP contribution in [0.25, 0.3) is 0 Å². The van der Waals surface area contributed by atoms with E-state index in [1.165, 1.54) is 16.0 Å². The minimum Gasteiger partial charge on any atom is -0.334 e. The van der Waals surface area contributed by atoms with Gasteiger partial charge >= 0.3 is 0 Å². The van der Waals surface area contributed by atoms with Gasteiger partial charge < -0.3 is 4.90 Å².